The van der Waals surface area contributed by atoms with Crippen LogP contribution in [-0.4, -0.2) is 34.6 Å². The second-order valence-electron chi connectivity index (χ2n) is 9.55. The number of aliphatic hydroxyl groups excluding tert-OH is 1. The second-order valence-corrected chi connectivity index (χ2v) is 9.55. The normalized spacial score (nSPS) is 26.3. The smallest absolute Gasteiger partial charge is 0.297 e. The van der Waals surface area contributed by atoms with Crippen molar-refractivity contribution in [3.8, 4) is 5.75 Å². The van der Waals surface area contributed by atoms with Gasteiger partial charge in [-0.05, 0) is 48.2 Å². The number of rotatable bonds is 5. The molecule has 7 rings (SSSR count). The zero-order chi connectivity index (χ0) is 25.4. The maximum absolute atomic E-state index is 14.2. The van der Waals surface area contributed by atoms with Crippen molar-refractivity contribution in [2.24, 2.45) is 11.8 Å². The van der Waals surface area contributed by atoms with E-state index in [1.165, 1.54) is 18.2 Å². The molecule has 3 aromatic rings. The number of nitro groups is 1. The number of nitro benzene ring substituents is 1. The summed E-state index contributed by atoms with van der Waals surface area (Å²) in [6.07, 6.45) is -0.999. The van der Waals surface area contributed by atoms with Crippen LogP contribution in [0.15, 0.2) is 66.7 Å². The van der Waals surface area contributed by atoms with Gasteiger partial charge in [0.25, 0.3) is 5.69 Å². The Bertz CT molecular complexity index is 1400. The van der Waals surface area contributed by atoms with Crippen LogP contribution in [0.1, 0.15) is 42.0 Å². The lowest BCUT2D eigenvalue weighted by Crippen LogP contribution is -2.58. The number of carbonyl (C=O) groups excluding carboxylic acids is 2. The summed E-state index contributed by atoms with van der Waals surface area (Å²) < 4.78 is 5.41. The molecule has 0 spiro atoms. The molecule has 8 heteroatoms. The first-order chi connectivity index (χ1) is 17.3. The summed E-state index contributed by atoms with van der Waals surface area (Å²) in [6, 6.07) is 19.4. The predicted octanol–water partition coefficient (Wildman–Crippen LogP) is 3.93. The highest BCUT2D eigenvalue weighted by Gasteiger charge is 2.70. The summed E-state index contributed by atoms with van der Waals surface area (Å²) >= 11 is 0. The third-order valence-corrected chi connectivity index (χ3v) is 8.04. The van der Waals surface area contributed by atoms with E-state index in [-0.39, 0.29) is 17.1 Å². The minimum absolute atomic E-state index is 0.0823. The molecule has 1 fully saturated rings. The molecule has 1 aliphatic heterocycles. The molecule has 182 valence electrons. The number of carbonyl (C=O) groups is 2. The summed E-state index contributed by atoms with van der Waals surface area (Å²) in [7, 11) is 0. The highest BCUT2D eigenvalue weighted by atomic mass is 16.6. The number of ether oxygens (including phenoxy) is 1. The Balaban J connectivity index is 1.60. The number of benzene rings is 3. The van der Waals surface area contributed by atoms with Crippen molar-refractivity contribution in [3.63, 3.8) is 0 Å². The first kappa shape index (κ1) is 22.4. The topological polar surface area (TPSA) is 110 Å². The summed E-state index contributed by atoms with van der Waals surface area (Å²) in [6.45, 7) is 3.73. The van der Waals surface area contributed by atoms with Gasteiger partial charge in [-0.1, -0.05) is 48.5 Å². The van der Waals surface area contributed by atoms with E-state index in [2.05, 4.69) is 0 Å². The largest absolute Gasteiger partial charge is 0.494 e. The van der Waals surface area contributed by atoms with E-state index in [0.717, 1.165) is 27.2 Å². The molecule has 0 saturated carbocycles. The molecule has 0 unspecified atom stereocenters. The Hall–Kier alpha value is -4.04. The van der Waals surface area contributed by atoms with Crippen molar-refractivity contribution in [3.05, 3.63) is 99.1 Å². The highest BCUT2D eigenvalue weighted by molar-refractivity contribution is 6.24. The van der Waals surface area contributed by atoms with E-state index >= 15 is 0 Å². The number of amides is 2. The molecule has 1 saturated heterocycles. The van der Waals surface area contributed by atoms with Gasteiger partial charge in [-0.15, -0.1) is 0 Å². The van der Waals surface area contributed by atoms with Gasteiger partial charge >= 0.3 is 0 Å². The molecule has 36 heavy (non-hydrogen) atoms. The molecule has 3 aliphatic carbocycles. The van der Waals surface area contributed by atoms with Gasteiger partial charge in [0.15, 0.2) is 0 Å². The summed E-state index contributed by atoms with van der Waals surface area (Å²) in [4.78, 5) is 40.6. The summed E-state index contributed by atoms with van der Waals surface area (Å²) in [5.41, 5.74) is 1.85. The van der Waals surface area contributed by atoms with Crippen LogP contribution in [0.4, 0.5) is 11.4 Å². The van der Waals surface area contributed by atoms with Crippen LogP contribution < -0.4 is 9.64 Å². The van der Waals surface area contributed by atoms with E-state index in [1.807, 2.05) is 48.5 Å². The molecule has 0 radical (unpaired) electrons. The fraction of sp³-hybridized carbons (Fsp3) is 0.286. The van der Waals surface area contributed by atoms with Crippen molar-refractivity contribution in [2.45, 2.75) is 31.3 Å². The molecule has 2 bridgehead atoms. The molecular formula is C28H24N2O6. The van der Waals surface area contributed by atoms with Crippen LogP contribution in [0.5, 0.6) is 5.75 Å². The summed E-state index contributed by atoms with van der Waals surface area (Å²) in [5, 5.41) is 23.4. The van der Waals surface area contributed by atoms with E-state index in [1.54, 1.807) is 13.8 Å². The van der Waals surface area contributed by atoms with E-state index in [9.17, 15) is 24.8 Å². The van der Waals surface area contributed by atoms with E-state index in [0.29, 0.717) is 6.61 Å². The van der Waals surface area contributed by atoms with Gasteiger partial charge in [-0.2, -0.15) is 0 Å². The lowest BCUT2D eigenvalue weighted by Gasteiger charge is -2.55. The highest BCUT2D eigenvalue weighted by Crippen LogP contribution is 2.65. The minimum Gasteiger partial charge on any atom is -0.494 e. The van der Waals surface area contributed by atoms with Crippen molar-refractivity contribution < 1.29 is 24.4 Å². The lowest BCUT2D eigenvalue weighted by molar-refractivity contribution is -0.384. The molecule has 4 aliphatic rings. The van der Waals surface area contributed by atoms with E-state index in [4.69, 9.17) is 4.74 Å². The van der Waals surface area contributed by atoms with Crippen LogP contribution >= 0.6 is 0 Å². The number of hydrogen-bond donors (Lipinski definition) is 1. The molecule has 8 nitrogen and oxygen atoms in total. The lowest BCUT2D eigenvalue weighted by atomic mass is 9.46. The Labute approximate surface area is 207 Å². The van der Waals surface area contributed by atoms with Gasteiger partial charge in [0.2, 0.25) is 11.8 Å². The Morgan fingerprint density at radius 2 is 1.64 bits per heavy atom. The number of imide groups is 1. The maximum atomic E-state index is 14.2. The second kappa shape index (κ2) is 7.73. The molecule has 3 aromatic carbocycles. The van der Waals surface area contributed by atoms with E-state index < -0.39 is 46.0 Å². The van der Waals surface area contributed by atoms with Gasteiger partial charge in [0.1, 0.15) is 11.4 Å². The minimum atomic E-state index is -1.16. The van der Waals surface area contributed by atoms with Gasteiger partial charge in [-0.25, -0.2) is 4.90 Å². The quantitative estimate of drug-likeness (QED) is 0.334. The first-order valence-electron chi connectivity index (χ1n) is 12.0. The summed E-state index contributed by atoms with van der Waals surface area (Å²) in [5.74, 6) is -2.83. The molecule has 0 aromatic heterocycles. The van der Waals surface area contributed by atoms with Crippen LogP contribution in [0.25, 0.3) is 0 Å². The number of nitrogens with zero attached hydrogens (tertiary/aromatic N) is 2. The van der Waals surface area contributed by atoms with Crippen molar-refractivity contribution in [2.75, 3.05) is 11.5 Å². The number of aliphatic hydroxyl groups is 1. The van der Waals surface area contributed by atoms with Gasteiger partial charge in [0.05, 0.1) is 41.0 Å². The molecule has 3 atom stereocenters. The molecule has 1 heterocycles. The Kier molecular flexibility index (Phi) is 4.82. The zero-order valence-corrected chi connectivity index (χ0v) is 19.8. The Morgan fingerprint density at radius 3 is 2.19 bits per heavy atom. The standard InChI is InChI=1S/C28H24N2O6/c1-3-36-16-12-13-21(22(14-16)30(34)35)29-26(32)24-23-17-8-4-6-10-19(17)28(15(2)31,25(24)27(29)33)20-11-7-5-9-18(20)23/h4-15,23-25,31H,3H2,1-2H3/t15-,23?,24+,25-,28?/m0/s1. The predicted molar refractivity (Wildman–Crippen MR) is 131 cm³/mol. The van der Waals surface area contributed by atoms with Gasteiger partial charge < -0.3 is 9.84 Å². The number of hydrogen-bond acceptors (Lipinski definition) is 6. The van der Waals surface area contributed by atoms with Crippen LogP contribution in [0.3, 0.4) is 0 Å². The number of anilines is 1. The average molecular weight is 485 g/mol. The molecular weight excluding hydrogens is 460 g/mol. The van der Waals surface area contributed by atoms with Crippen LogP contribution in [-0.2, 0) is 15.0 Å². The monoisotopic (exact) mass is 484 g/mol. The average Bonchev–Trinajstić information content (AvgIpc) is 3.14. The molecule has 2 amide bonds. The SMILES string of the molecule is CCOc1ccc(N2C(=O)[C@@H]3C4c5ccccc5C([C@H](C)O)(c5ccccc54)[C@@H]3C2=O)c([N+](=O)[O-])c1. The van der Waals surface area contributed by atoms with Gasteiger partial charge in [0, 0.05) is 5.92 Å². The van der Waals surface area contributed by atoms with Crippen LogP contribution in [0.2, 0.25) is 0 Å². The fourth-order valence-corrected chi connectivity index (χ4v) is 6.87. The van der Waals surface area contributed by atoms with Crippen LogP contribution in [0, 0.1) is 22.0 Å². The molecule has 1 N–H and O–H groups in total. The van der Waals surface area contributed by atoms with Crippen molar-refractivity contribution in [1.82, 2.24) is 0 Å². The fourth-order valence-electron chi connectivity index (χ4n) is 6.87. The first-order valence-corrected chi connectivity index (χ1v) is 12.0. The van der Waals surface area contributed by atoms with Crippen molar-refractivity contribution in [1.29, 1.82) is 0 Å². The van der Waals surface area contributed by atoms with Gasteiger partial charge in [-0.3, -0.25) is 19.7 Å². The third kappa shape index (κ3) is 2.62. The maximum Gasteiger partial charge on any atom is 0.297 e. The Morgan fingerprint density at radius 1 is 1.03 bits per heavy atom. The van der Waals surface area contributed by atoms with Crippen molar-refractivity contribution >= 4 is 23.2 Å². The third-order valence-electron chi connectivity index (χ3n) is 8.04. The zero-order valence-electron chi connectivity index (χ0n) is 19.8.